The summed E-state index contributed by atoms with van der Waals surface area (Å²) in [7, 11) is 0. The second-order valence-corrected chi connectivity index (χ2v) is 3.37. The molecule has 0 saturated carbocycles. The van der Waals surface area contributed by atoms with Crippen molar-refractivity contribution in [2.45, 2.75) is 12.3 Å². The summed E-state index contributed by atoms with van der Waals surface area (Å²) in [5, 5.41) is 0.0795. The van der Waals surface area contributed by atoms with Crippen LogP contribution in [-0.4, -0.2) is 0 Å². The number of halogens is 3. The molecule has 1 unspecified atom stereocenters. The van der Waals surface area contributed by atoms with Crippen LogP contribution in [0.2, 0.25) is 5.02 Å². The summed E-state index contributed by atoms with van der Waals surface area (Å²) in [5.41, 5.74) is 0.482. The number of hydrogen-bond acceptors (Lipinski definition) is 0. The maximum absolute atomic E-state index is 12.9. The molecule has 11 heavy (non-hydrogen) atoms. The molecule has 0 spiro atoms. The molecule has 0 aromatic heterocycles. The van der Waals surface area contributed by atoms with Gasteiger partial charge in [0.15, 0.2) is 0 Å². The van der Waals surface area contributed by atoms with Crippen LogP contribution in [0.4, 0.5) is 4.39 Å². The quantitative estimate of drug-likeness (QED) is 0.595. The highest BCUT2D eigenvalue weighted by Crippen LogP contribution is 2.24. The zero-order chi connectivity index (χ0) is 8.43. The van der Waals surface area contributed by atoms with Crippen molar-refractivity contribution in [3.8, 4) is 0 Å². The molecule has 0 aliphatic rings. The molecular weight excluding hydrogens is 186 g/mol. The first kappa shape index (κ1) is 8.82. The van der Waals surface area contributed by atoms with Gasteiger partial charge in [0, 0.05) is 10.6 Å². The smallest absolute Gasteiger partial charge is 0.129 e. The largest absolute Gasteiger partial charge is 0.207 e. The summed E-state index contributed by atoms with van der Waals surface area (Å²) in [6.07, 6.45) is 0. The zero-order valence-corrected chi connectivity index (χ0v) is 7.46. The Labute approximate surface area is 74.9 Å². The van der Waals surface area contributed by atoms with Gasteiger partial charge < -0.3 is 0 Å². The topological polar surface area (TPSA) is 0 Å². The molecule has 3 heteroatoms. The lowest BCUT2D eigenvalue weighted by Gasteiger charge is -2.03. The first-order valence-electron chi connectivity index (χ1n) is 3.20. The lowest BCUT2D eigenvalue weighted by atomic mass is 10.1. The minimum atomic E-state index is -0.347. The van der Waals surface area contributed by atoms with Crippen LogP contribution in [0.25, 0.3) is 0 Å². The van der Waals surface area contributed by atoms with Crippen LogP contribution in [0.5, 0.6) is 0 Å². The van der Waals surface area contributed by atoms with E-state index in [4.69, 9.17) is 23.2 Å². The zero-order valence-electron chi connectivity index (χ0n) is 5.94. The standard InChI is InChI=1S/C8H7Cl2F/c1-5(9)7-3-2-6(10)4-8(7)11/h2-5H,1H3. The predicted octanol–water partition coefficient (Wildman–Crippen LogP) is 3.78. The van der Waals surface area contributed by atoms with Crippen molar-refractivity contribution in [1.29, 1.82) is 0 Å². The lowest BCUT2D eigenvalue weighted by molar-refractivity contribution is 0.610. The van der Waals surface area contributed by atoms with E-state index in [2.05, 4.69) is 0 Å². The molecule has 0 saturated heterocycles. The van der Waals surface area contributed by atoms with Crippen LogP contribution < -0.4 is 0 Å². The monoisotopic (exact) mass is 192 g/mol. The third kappa shape index (κ3) is 2.08. The summed E-state index contributed by atoms with van der Waals surface area (Å²) in [5.74, 6) is -0.347. The third-order valence-electron chi connectivity index (χ3n) is 1.39. The molecule has 0 heterocycles. The molecule has 1 aromatic carbocycles. The van der Waals surface area contributed by atoms with Crippen LogP contribution >= 0.6 is 23.2 Å². The Kier molecular flexibility index (Phi) is 2.74. The molecule has 1 atom stereocenters. The summed E-state index contributed by atoms with van der Waals surface area (Å²) >= 11 is 11.2. The van der Waals surface area contributed by atoms with Crippen LogP contribution in [0.1, 0.15) is 17.9 Å². The van der Waals surface area contributed by atoms with Crippen LogP contribution in [0, 0.1) is 5.82 Å². The van der Waals surface area contributed by atoms with Crippen molar-refractivity contribution in [3.05, 3.63) is 34.6 Å². The fourth-order valence-corrected chi connectivity index (χ4v) is 1.16. The number of hydrogen-bond donors (Lipinski definition) is 0. The Morgan fingerprint density at radius 2 is 2.09 bits per heavy atom. The molecule has 1 rings (SSSR count). The van der Waals surface area contributed by atoms with Gasteiger partial charge in [-0.3, -0.25) is 0 Å². The molecule has 60 valence electrons. The fraction of sp³-hybridized carbons (Fsp3) is 0.250. The molecule has 0 amide bonds. The average molecular weight is 193 g/mol. The lowest BCUT2D eigenvalue weighted by Crippen LogP contribution is -1.89. The van der Waals surface area contributed by atoms with Gasteiger partial charge in [0.1, 0.15) is 5.82 Å². The maximum Gasteiger partial charge on any atom is 0.129 e. The van der Waals surface area contributed by atoms with E-state index in [1.807, 2.05) is 0 Å². The van der Waals surface area contributed by atoms with Crippen LogP contribution in [0.3, 0.4) is 0 Å². The van der Waals surface area contributed by atoms with E-state index in [9.17, 15) is 4.39 Å². The van der Waals surface area contributed by atoms with Gasteiger partial charge in [0.2, 0.25) is 0 Å². The summed E-state index contributed by atoms with van der Waals surface area (Å²) < 4.78 is 12.9. The molecule has 0 bridgehead atoms. The van der Waals surface area contributed by atoms with Crippen molar-refractivity contribution in [2.24, 2.45) is 0 Å². The van der Waals surface area contributed by atoms with Crippen molar-refractivity contribution in [2.75, 3.05) is 0 Å². The van der Waals surface area contributed by atoms with Crippen molar-refractivity contribution in [3.63, 3.8) is 0 Å². The minimum absolute atomic E-state index is 0.313. The highest BCUT2D eigenvalue weighted by molar-refractivity contribution is 6.30. The molecule has 0 N–H and O–H groups in total. The van der Waals surface area contributed by atoms with E-state index in [0.29, 0.717) is 10.6 Å². The second-order valence-electron chi connectivity index (χ2n) is 2.28. The minimum Gasteiger partial charge on any atom is -0.207 e. The molecule has 1 aromatic rings. The fourth-order valence-electron chi connectivity index (χ4n) is 0.824. The Bertz CT molecular complexity index is 258. The molecule has 0 radical (unpaired) electrons. The van der Waals surface area contributed by atoms with E-state index < -0.39 is 0 Å². The van der Waals surface area contributed by atoms with Gasteiger partial charge in [-0.1, -0.05) is 17.7 Å². The predicted molar refractivity (Wildman–Crippen MR) is 45.7 cm³/mol. The Morgan fingerprint density at radius 1 is 1.45 bits per heavy atom. The third-order valence-corrected chi connectivity index (χ3v) is 1.86. The van der Waals surface area contributed by atoms with Crippen molar-refractivity contribution < 1.29 is 4.39 Å². The molecule has 0 aliphatic carbocycles. The SMILES string of the molecule is CC(Cl)c1ccc(Cl)cc1F. The Morgan fingerprint density at radius 3 is 2.55 bits per heavy atom. The highest BCUT2D eigenvalue weighted by Gasteiger charge is 2.07. The Hall–Kier alpha value is -0.270. The molecule has 0 aliphatic heterocycles. The highest BCUT2D eigenvalue weighted by atomic mass is 35.5. The van der Waals surface area contributed by atoms with Gasteiger partial charge in [-0.05, 0) is 19.1 Å². The first-order chi connectivity index (χ1) is 5.11. The number of benzene rings is 1. The van der Waals surface area contributed by atoms with E-state index in [1.54, 1.807) is 19.1 Å². The first-order valence-corrected chi connectivity index (χ1v) is 4.01. The molecular formula is C8H7Cl2F. The van der Waals surface area contributed by atoms with Gasteiger partial charge in [0.05, 0.1) is 5.38 Å². The van der Waals surface area contributed by atoms with E-state index >= 15 is 0 Å². The van der Waals surface area contributed by atoms with Gasteiger partial charge in [0.25, 0.3) is 0 Å². The summed E-state index contributed by atoms with van der Waals surface area (Å²) in [6.45, 7) is 1.72. The van der Waals surface area contributed by atoms with Gasteiger partial charge in [-0.15, -0.1) is 11.6 Å². The van der Waals surface area contributed by atoms with Crippen molar-refractivity contribution >= 4 is 23.2 Å². The van der Waals surface area contributed by atoms with Gasteiger partial charge in [-0.2, -0.15) is 0 Å². The maximum atomic E-state index is 12.9. The summed E-state index contributed by atoms with van der Waals surface area (Å²) in [4.78, 5) is 0. The van der Waals surface area contributed by atoms with Crippen molar-refractivity contribution in [1.82, 2.24) is 0 Å². The van der Waals surface area contributed by atoms with Crippen LogP contribution in [-0.2, 0) is 0 Å². The number of alkyl halides is 1. The average Bonchev–Trinajstić information content (AvgIpc) is 1.85. The van der Waals surface area contributed by atoms with Gasteiger partial charge in [-0.25, -0.2) is 4.39 Å². The number of rotatable bonds is 1. The van der Waals surface area contributed by atoms with E-state index in [-0.39, 0.29) is 11.2 Å². The second kappa shape index (κ2) is 3.42. The molecule has 0 fully saturated rings. The van der Waals surface area contributed by atoms with E-state index in [0.717, 1.165) is 0 Å². The van der Waals surface area contributed by atoms with Crippen LogP contribution in [0.15, 0.2) is 18.2 Å². The molecule has 0 nitrogen and oxygen atoms in total. The Balaban J connectivity index is 3.09. The van der Waals surface area contributed by atoms with E-state index in [1.165, 1.54) is 6.07 Å². The van der Waals surface area contributed by atoms with Gasteiger partial charge >= 0.3 is 0 Å². The summed E-state index contributed by atoms with van der Waals surface area (Å²) in [6, 6.07) is 4.48. The normalized spacial score (nSPS) is 13.1.